The molecule has 7 nitrogen and oxygen atoms in total. The van der Waals surface area contributed by atoms with E-state index in [1.54, 1.807) is 25.3 Å². The van der Waals surface area contributed by atoms with Crippen molar-refractivity contribution in [2.24, 2.45) is 0 Å². The van der Waals surface area contributed by atoms with E-state index in [1.807, 2.05) is 71.6 Å². The van der Waals surface area contributed by atoms with Crippen LogP contribution in [0.25, 0.3) is 0 Å². The minimum Gasteiger partial charge on any atom is -0.496 e. The molecule has 1 fully saturated rings. The topological polar surface area (TPSA) is 84.9 Å². The number of hydrogen-bond donors (Lipinski definition) is 1. The number of methoxy groups -OCH3 is 1. The first-order valence-corrected chi connectivity index (χ1v) is 14.1. The minimum atomic E-state index is -0.993. The molecule has 0 saturated carbocycles. The van der Waals surface area contributed by atoms with Crippen molar-refractivity contribution in [3.8, 4) is 5.75 Å². The summed E-state index contributed by atoms with van der Waals surface area (Å²) in [7, 11) is 1.55. The van der Waals surface area contributed by atoms with Crippen LogP contribution < -0.4 is 10.1 Å². The fourth-order valence-electron chi connectivity index (χ4n) is 6.27. The van der Waals surface area contributed by atoms with Crippen molar-refractivity contribution in [2.45, 2.75) is 43.1 Å². The first-order valence-electron chi connectivity index (χ1n) is 14.1. The van der Waals surface area contributed by atoms with Crippen molar-refractivity contribution >= 4 is 17.8 Å². The lowest BCUT2D eigenvalue weighted by molar-refractivity contribution is -0.149. The third-order valence-electron chi connectivity index (χ3n) is 8.34. The molecule has 1 heterocycles. The molecule has 3 aromatic rings. The highest BCUT2D eigenvalue weighted by molar-refractivity contribution is 5.97. The van der Waals surface area contributed by atoms with Crippen LogP contribution in [-0.2, 0) is 19.7 Å². The van der Waals surface area contributed by atoms with Crippen LogP contribution in [0.3, 0.4) is 0 Å². The van der Waals surface area contributed by atoms with Crippen molar-refractivity contribution in [1.29, 1.82) is 0 Å². The van der Waals surface area contributed by atoms with Crippen molar-refractivity contribution < 1.29 is 23.9 Å². The Morgan fingerprint density at radius 3 is 2.37 bits per heavy atom. The first kappa shape index (κ1) is 28.1. The maximum atomic E-state index is 13.9. The van der Waals surface area contributed by atoms with Crippen LogP contribution in [0.5, 0.6) is 5.75 Å². The molecule has 212 valence electrons. The van der Waals surface area contributed by atoms with E-state index in [4.69, 9.17) is 9.47 Å². The predicted octanol–water partition coefficient (Wildman–Crippen LogP) is 5.01. The molecule has 2 amide bonds. The maximum Gasteiger partial charge on any atom is 0.321 e. The molecule has 1 saturated heterocycles. The van der Waals surface area contributed by atoms with E-state index >= 15 is 0 Å². The number of carbonyl (C=O) groups is 3. The van der Waals surface area contributed by atoms with E-state index < -0.39 is 5.41 Å². The number of nitrogens with one attached hydrogen (secondary N) is 1. The highest BCUT2D eigenvalue weighted by Crippen LogP contribution is 2.48. The zero-order chi connectivity index (χ0) is 28.8. The van der Waals surface area contributed by atoms with Crippen LogP contribution in [0.15, 0.2) is 91.5 Å². The van der Waals surface area contributed by atoms with Gasteiger partial charge in [0.15, 0.2) is 0 Å². The summed E-state index contributed by atoms with van der Waals surface area (Å²) >= 11 is 0. The van der Waals surface area contributed by atoms with Gasteiger partial charge in [0.05, 0.1) is 18.6 Å². The third kappa shape index (κ3) is 5.49. The monoisotopic (exact) mass is 552 g/mol. The van der Waals surface area contributed by atoms with Crippen molar-refractivity contribution in [2.75, 3.05) is 26.8 Å². The van der Waals surface area contributed by atoms with Gasteiger partial charge in [-0.15, -0.1) is 0 Å². The summed E-state index contributed by atoms with van der Waals surface area (Å²) in [6, 6.07) is 24.6. The smallest absolute Gasteiger partial charge is 0.321 e. The number of esters is 1. The van der Waals surface area contributed by atoms with E-state index in [0.717, 1.165) is 16.7 Å². The summed E-state index contributed by atoms with van der Waals surface area (Å²) in [5, 5.41) is 3.11. The average Bonchev–Trinajstić information content (AvgIpc) is 3.03. The largest absolute Gasteiger partial charge is 0.496 e. The van der Waals surface area contributed by atoms with E-state index in [-0.39, 0.29) is 36.4 Å². The average molecular weight is 553 g/mol. The van der Waals surface area contributed by atoms with Crippen molar-refractivity contribution in [3.63, 3.8) is 0 Å². The van der Waals surface area contributed by atoms with Crippen LogP contribution >= 0.6 is 0 Å². The lowest BCUT2D eigenvalue weighted by atomic mass is 9.63. The second kappa shape index (κ2) is 12.4. The Hall–Kier alpha value is -4.39. The molecule has 0 radical (unpaired) electrons. The number of likely N-dealkylation sites (tertiary alicyclic amines) is 1. The van der Waals surface area contributed by atoms with Crippen LogP contribution in [0.4, 0.5) is 0 Å². The zero-order valence-corrected chi connectivity index (χ0v) is 23.4. The molecule has 0 unspecified atom stereocenters. The lowest BCUT2D eigenvalue weighted by Crippen LogP contribution is -2.49. The molecule has 2 atom stereocenters. The second-order valence-corrected chi connectivity index (χ2v) is 10.6. The number of amides is 2. The highest BCUT2D eigenvalue weighted by Gasteiger charge is 2.50. The Morgan fingerprint density at radius 2 is 1.63 bits per heavy atom. The van der Waals surface area contributed by atoms with Gasteiger partial charge in [0.2, 0.25) is 5.91 Å². The van der Waals surface area contributed by atoms with Crippen LogP contribution in [0.2, 0.25) is 0 Å². The Labute approximate surface area is 241 Å². The van der Waals surface area contributed by atoms with Gasteiger partial charge in [-0.2, -0.15) is 0 Å². The van der Waals surface area contributed by atoms with Crippen molar-refractivity contribution in [3.05, 3.63) is 114 Å². The van der Waals surface area contributed by atoms with Gasteiger partial charge in [0.1, 0.15) is 17.8 Å². The molecule has 1 aliphatic heterocycles. The molecule has 0 aromatic heterocycles. The van der Waals surface area contributed by atoms with Gasteiger partial charge in [-0.05, 0) is 54.5 Å². The molecular formula is C34H36N2O5. The molecule has 3 aromatic carbocycles. The highest BCUT2D eigenvalue weighted by atomic mass is 16.5. The van der Waals surface area contributed by atoms with E-state index in [0.29, 0.717) is 50.1 Å². The molecule has 0 spiro atoms. The minimum absolute atomic E-state index is 0.0273. The van der Waals surface area contributed by atoms with Crippen LogP contribution in [0, 0.1) is 0 Å². The fraction of sp³-hybridized carbons (Fsp3) is 0.324. The van der Waals surface area contributed by atoms with Gasteiger partial charge >= 0.3 is 5.97 Å². The Balaban J connectivity index is 1.33. The summed E-state index contributed by atoms with van der Waals surface area (Å²) in [6.45, 7) is 4.93. The van der Waals surface area contributed by atoms with Crippen LogP contribution in [-0.4, -0.2) is 55.5 Å². The number of benzene rings is 3. The number of ether oxygens (including phenoxy) is 2. The zero-order valence-electron chi connectivity index (χ0n) is 23.4. The van der Waals surface area contributed by atoms with Gasteiger partial charge in [0, 0.05) is 19.1 Å². The summed E-state index contributed by atoms with van der Waals surface area (Å²) in [5.41, 5.74) is 2.06. The number of carbonyl (C=O) groups excluding carboxylic acids is 3. The quantitative estimate of drug-likeness (QED) is 0.314. The fourth-order valence-corrected chi connectivity index (χ4v) is 6.27. The standard InChI is InChI=1S/C34H36N2O5/c1-3-23-41-33(39)34(24-11-5-4-6-12-24)20-17-27(26-13-7-9-15-29(26)34)32(38)36-21-18-25(19-22-36)35-31(37)28-14-8-10-16-30(28)40-2/h3-16,25,27H,1,17-23H2,2H3,(H,35,37)/t27-,34+/m0/s1. The molecule has 41 heavy (non-hydrogen) atoms. The van der Waals surface area contributed by atoms with E-state index in [1.165, 1.54) is 0 Å². The van der Waals surface area contributed by atoms with Crippen molar-refractivity contribution in [1.82, 2.24) is 10.2 Å². The molecule has 2 aliphatic rings. The van der Waals surface area contributed by atoms with Gasteiger partial charge < -0.3 is 19.7 Å². The van der Waals surface area contributed by atoms with Gasteiger partial charge in [0.25, 0.3) is 5.91 Å². The third-order valence-corrected chi connectivity index (χ3v) is 8.34. The number of fused-ring (bicyclic) bond motifs is 1. The summed E-state index contributed by atoms with van der Waals surface area (Å²) in [5.74, 6) is -0.251. The van der Waals surface area contributed by atoms with E-state index in [9.17, 15) is 14.4 Å². The Bertz CT molecular complexity index is 1410. The number of hydrogen-bond acceptors (Lipinski definition) is 5. The van der Waals surface area contributed by atoms with Gasteiger partial charge in [-0.3, -0.25) is 14.4 Å². The Morgan fingerprint density at radius 1 is 0.951 bits per heavy atom. The molecule has 1 aliphatic carbocycles. The maximum absolute atomic E-state index is 13.9. The summed E-state index contributed by atoms with van der Waals surface area (Å²) in [6.07, 6.45) is 3.90. The SMILES string of the molecule is C=CCOC(=O)[C@@]1(c2ccccc2)CC[C@H](C(=O)N2CCC(NC(=O)c3ccccc3OC)CC2)c2ccccc21. The Kier molecular flexibility index (Phi) is 8.53. The van der Waals surface area contributed by atoms with Gasteiger partial charge in [-0.1, -0.05) is 79.4 Å². The normalized spacial score (nSPS) is 20.4. The molecular weight excluding hydrogens is 516 g/mol. The first-order chi connectivity index (χ1) is 20.0. The molecule has 1 N–H and O–H groups in total. The number of piperidine rings is 1. The summed E-state index contributed by atoms with van der Waals surface area (Å²) < 4.78 is 11.0. The lowest BCUT2D eigenvalue weighted by Gasteiger charge is -2.42. The molecule has 0 bridgehead atoms. The number of para-hydroxylation sites is 1. The molecule has 7 heteroatoms. The molecule has 5 rings (SSSR count). The second-order valence-electron chi connectivity index (χ2n) is 10.6. The van der Waals surface area contributed by atoms with E-state index in [2.05, 4.69) is 11.9 Å². The number of rotatable bonds is 8. The number of nitrogens with zero attached hydrogens (tertiary/aromatic N) is 1. The summed E-state index contributed by atoms with van der Waals surface area (Å²) in [4.78, 5) is 42.4. The van der Waals surface area contributed by atoms with Gasteiger partial charge in [-0.25, -0.2) is 0 Å². The van der Waals surface area contributed by atoms with Crippen LogP contribution in [0.1, 0.15) is 58.6 Å². The predicted molar refractivity (Wildman–Crippen MR) is 157 cm³/mol.